The van der Waals surface area contributed by atoms with Crippen molar-refractivity contribution < 1.29 is 14.3 Å². The van der Waals surface area contributed by atoms with E-state index in [4.69, 9.17) is 31.0 Å². The van der Waals surface area contributed by atoms with Crippen LogP contribution in [0.2, 0.25) is 5.02 Å². The number of rotatable bonds is 6. The van der Waals surface area contributed by atoms with E-state index in [9.17, 15) is 4.79 Å². The molecule has 0 spiro atoms. The molecule has 2 fully saturated rings. The summed E-state index contributed by atoms with van der Waals surface area (Å²) in [5.74, 6) is 1.77. The number of nitrogens with one attached hydrogen (secondary N) is 1. The summed E-state index contributed by atoms with van der Waals surface area (Å²) in [6.07, 6.45) is 2.37. The maximum absolute atomic E-state index is 13.1. The number of hydrogen-bond acceptors (Lipinski definition) is 8. The predicted octanol–water partition coefficient (Wildman–Crippen LogP) is 3.70. The van der Waals surface area contributed by atoms with Crippen molar-refractivity contribution in [2.75, 3.05) is 50.2 Å². The van der Waals surface area contributed by atoms with E-state index in [1.807, 2.05) is 30.3 Å². The maximum atomic E-state index is 13.1. The number of halogens is 1. The zero-order valence-electron chi connectivity index (χ0n) is 18.8. The summed E-state index contributed by atoms with van der Waals surface area (Å²) >= 11 is 6.03. The summed E-state index contributed by atoms with van der Waals surface area (Å²) in [5.41, 5.74) is 2.04. The van der Waals surface area contributed by atoms with Gasteiger partial charge in [0, 0.05) is 36.4 Å². The molecule has 0 aliphatic carbocycles. The molecule has 0 saturated carbocycles. The summed E-state index contributed by atoms with van der Waals surface area (Å²) in [4.78, 5) is 30.9. The van der Waals surface area contributed by atoms with Crippen LogP contribution in [-0.2, 0) is 4.74 Å². The average Bonchev–Trinajstić information content (AvgIpc) is 2.85. The first-order chi connectivity index (χ1) is 16.6. The fraction of sp³-hybridized carbons (Fsp3) is 0.333. The molecule has 0 bridgehead atoms. The van der Waals surface area contributed by atoms with Crippen LogP contribution in [-0.4, -0.2) is 65.7 Å². The number of carbonyl (C=O) groups is 1. The number of nitrogens with zero attached hydrogens (tertiary/aromatic N) is 5. The van der Waals surface area contributed by atoms with Gasteiger partial charge in [-0.15, -0.1) is 0 Å². The fourth-order valence-corrected chi connectivity index (χ4v) is 4.11. The van der Waals surface area contributed by atoms with Gasteiger partial charge in [0.15, 0.2) is 0 Å². The van der Waals surface area contributed by atoms with Crippen LogP contribution in [0.15, 0.2) is 48.7 Å². The molecule has 0 radical (unpaired) electrons. The van der Waals surface area contributed by atoms with Crippen molar-refractivity contribution >= 4 is 35.0 Å². The predicted molar refractivity (Wildman–Crippen MR) is 129 cm³/mol. The van der Waals surface area contributed by atoms with Crippen LogP contribution in [0.5, 0.6) is 5.75 Å². The quantitative estimate of drug-likeness (QED) is 0.571. The molecule has 2 aliphatic rings. The summed E-state index contributed by atoms with van der Waals surface area (Å²) in [6.45, 7) is 3.34. The first kappa shape index (κ1) is 22.4. The van der Waals surface area contributed by atoms with Crippen LogP contribution in [0.4, 0.5) is 17.5 Å². The van der Waals surface area contributed by atoms with Gasteiger partial charge < -0.3 is 24.6 Å². The highest BCUT2D eigenvalue weighted by molar-refractivity contribution is 6.30. The van der Waals surface area contributed by atoms with E-state index >= 15 is 0 Å². The van der Waals surface area contributed by atoms with Gasteiger partial charge >= 0.3 is 0 Å². The monoisotopic (exact) mass is 480 g/mol. The minimum absolute atomic E-state index is 0.127. The smallest absolute Gasteiger partial charge is 0.273 e. The third kappa shape index (κ3) is 4.76. The highest BCUT2D eigenvalue weighted by atomic mass is 35.5. The van der Waals surface area contributed by atoms with E-state index in [1.165, 1.54) is 0 Å². The van der Waals surface area contributed by atoms with Crippen LogP contribution in [0.3, 0.4) is 0 Å². The van der Waals surface area contributed by atoms with Crippen molar-refractivity contribution in [3.8, 4) is 5.75 Å². The second kappa shape index (κ2) is 9.82. The lowest BCUT2D eigenvalue weighted by molar-refractivity contribution is 0.0444. The van der Waals surface area contributed by atoms with Crippen molar-refractivity contribution in [2.45, 2.75) is 12.5 Å². The molecule has 176 valence electrons. The number of benzene rings is 1. The van der Waals surface area contributed by atoms with Gasteiger partial charge in [0.2, 0.25) is 5.95 Å². The summed E-state index contributed by atoms with van der Waals surface area (Å²) in [6, 6.07) is 12.6. The Labute approximate surface area is 202 Å². The number of methoxy groups -OCH3 is 1. The summed E-state index contributed by atoms with van der Waals surface area (Å²) in [5, 5.41) is 4.01. The maximum Gasteiger partial charge on any atom is 0.273 e. The lowest BCUT2D eigenvalue weighted by Crippen LogP contribution is -2.46. The van der Waals surface area contributed by atoms with Gasteiger partial charge in [0.1, 0.15) is 17.3 Å². The number of hydrogen-bond donors (Lipinski definition) is 1. The second-order valence-electron chi connectivity index (χ2n) is 8.10. The number of anilines is 3. The van der Waals surface area contributed by atoms with Crippen LogP contribution >= 0.6 is 11.6 Å². The minimum Gasteiger partial charge on any atom is -0.495 e. The van der Waals surface area contributed by atoms with Gasteiger partial charge in [0.25, 0.3) is 5.91 Å². The number of ether oxygens (including phenoxy) is 2. The molecular formula is C24H25ClN6O3. The van der Waals surface area contributed by atoms with Gasteiger partial charge in [-0.3, -0.25) is 4.79 Å². The summed E-state index contributed by atoms with van der Waals surface area (Å²) in [7, 11) is 1.57. The van der Waals surface area contributed by atoms with Crippen molar-refractivity contribution in [3.05, 3.63) is 65.1 Å². The highest BCUT2D eigenvalue weighted by Crippen LogP contribution is 2.35. The normalized spacial score (nSPS) is 17.8. The van der Waals surface area contributed by atoms with Crippen molar-refractivity contribution in [1.29, 1.82) is 0 Å². The van der Waals surface area contributed by atoms with Gasteiger partial charge in [-0.2, -0.15) is 4.98 Å². The van der Waals surface area contributed by atoms with Gasteiger partial charge in [-0.25, -0.2) is 9.97 Å². The zero-order chi connectivity index (χ0) is 23.5. The molecule has 1 aromatic carbocycles. The Bertz CT molecular complexity index is 1150. The second-order valence-corrected chi connectivity index (χ2v) is 8.53. The lowest BCUT2D eigenvalue weighted by atomic mass is 9.98. The molecule has 2 saturated heterocycles. The number of morpholine rings is 1. The number of carbonyl (C=O) groups excluding carboxylic acids is 1. The van der Waals surface area contributed by atoms with Crippen LogP contribution < -0.4 is 15.0 Å². The molecule has 5 rings (SSSR count). The number of aromatic nitrogens is 3. The van der Waals surface area contributed by atoms with E-state index in [-0.39, 0.29) is 11.9 Å². The first-order valence-electron chi connectivity index (χ1n) is 11.2. The molecule has 4 heterocycles. The lowest BCUT2D eigenvalue weighted by Gasteiger charge is -2.40. The standard InChI is InChI=1S/C24H25ClN6O3/c1-33-18-6-7-19(26-15-18)23(32)31-9-8-21(31)20-14-22(27-17-4-2-16(25)3-5-17)29-24(28-20)30-10-12-34-13-11-30/h2-7,14-15,21H,8-13H2,1H3,(H,27,28,29). The van der Waals surface area contributed by atoms with E-state index in [1.54, 1.807) is 30.3 Å². The van der Waals surface area contributed by atoms with Gasteiger partial charge in [-0.05, 0) is 42.8 Å². The molecule has 1 N–H and O–H groups in total. The first-order valence-corrected chi connectivity index (χ1v) is 11.5. The van der Waals surface area contributed by atoms with Crippen LogP contribution in [0.25, 0.3) is 0 Å². The van der Waals surface area contributed by atoms with Gasteiger partial charge in [0.05, 0.1) is 38.3 Å². The molecule has 1 amide bonds. The zero-order valence-corrected chi connectivity index (χ0v) is 19.5. The van der Waals surface area contributed by atoms with Crippen molar-refractivity contribution in [1.82, 2.24) is 19.9 Å². The van der Waals surface area contributed by atoms with Crippen molar-refractivity contribution in [2.24, 2.45) is 0 Å². The minimum atomic E-state index is -0.148. The third-order valence-electron chi connectivity index (χ3n) is 5.96. The Morgan fingerprint density at radius 3 is 2.56 bits per heavy atom. The van der Waals surface area contributed by atoms with E-state index in [0.29, 0.717) is 61.1 Å². The molecular weight excluding hydrogens is 456 g/mol. The number of likely N-dealkylation sites (tertiary alicyclic amines) is 1. The summed E-state index contributed by atoms with van der Waals surface area (Å²) < 4.78 is 10.6. The molecule has 1 unspecified atom stereocenters. The molecule has 1 atom stereocenters. The average molecular weight is 481 g/mol. The number of amides is 1. The Morgan fingerprint density at radius 1 is 1.12 bits per heavy atom. The SMILES string of the molecule is COc1ccc(C(=O)N2CCC2c2cc(Nc3ccc(Cl)cc3)nc(N3CCOCC3)n2)nc1. The topological polar surface area (TPSA) is 92.7 Å². The molecule has 2 aromatic heterocycles. The largest absolute Gasteiger partial charge is 0.495 e. The van der Waals surface area contributed by atoms with E-state index in [2.05, 4.69) is 15.2 Å². The molecule has 34 heavy (non-hydrogen) atoms. The fourth-order valence-electron chi connectivity index (χ4n) is 3.99. The molecule has 10 heteroatoms. The molecule has 2 aliphatic heterocycles. The van der Waals surface area contributed by atoms with Crippen LogP contribution in [0.1, 0.15) is 28.6 Å². The highest BCUT2D eigenvalue weighted by Gasteiger charge is 2.36. The third-order valence-corrected chi connectivity index (χ3v) is 6.21. The molecule has 9 nitrogen and oxygen atoms in total. The van der Waals surface area contributed by atoms with E-state index < -0.39 is 0 Å². The van der Waals surface area contributed by atoms with Crippen molar-refractivity contribution in [3.63, 3.8) is 0 Å². The number of pyridine rings is 1. The Kier molecular flexibility index (Phi) is 6.46. The van der Waals surface area contributed by atoms with Gasteiger partial charge in [-0.1, -0.05) is 11.6 Å². The van der Waals surface area contributed by atoms with Crippen LogP contribution in [0, 0.1) is 0 Å². The molecule has 3 aromatic rings. The Balaban J connectivity index is 1.42. The Morgan fingerprint density at radius 2 is 1.91 bits per heavy atom. The van der Waals surface area contributed by atoms with E-state index in [0.717, 1.165) is 17.8 Å². The Hall–Kier alpha value is -3.43.